The highest BCUT2D eigenvalue weighted by Gasteiger charge is 2.36. The molecule has 0 saturated heterocycles. The molecular formula is C11H22F2N2O. The summed E-state index contributed by atoms with van der Waals surface area (Å²) in [5.74, 6) is -0.557. The van der Waals surface area contributed by atoms with Crippen LogP contribution >= 0.6 is 0 Å². The van der Waals surface area contributed by atoms with Gasteiger partial charge in [-0.1, -0.05) is 20.3 Å². The first kappa shape index (κ1) is 15.3. The smallest absolute Gasteiger partial charge is 0.261 e. The zero-order valence-corrected chi connectivity index (χ0v) is 10.2. The molecule has 0 heterocycles. The number of hydrogen-bond acceptors (Lipinski definition) is 2. The molecule has 0 rings (SSSR count). The second-order valence-electron chi connectivity index (χ2n) is 4.44. The third-order valence-electron chi connectivity index (χ3n) is 2.72. The van der Waals surface area contributed by atoms with Crippen molar-refractivity contribution >= 4 is 5.91 Å². The van der Waals surface area contributed by atoms with Crippen LogP contribution in [0.5, 0.6) is 0 Å². The Morgan fingerprint density at radius 1 is 1.50 bits per heavy atom. The minimum absolute atomic E-state index is 0.0786. The quantitative estimate of drug-likeness (QED) is 0.709. The first-order chi connectivity index (χ1) is 7.37. The van der Waals surface area contributed by atoms with Gasteiger partial charge in [0.15, 0.2) is 0 Å². The molecule has 0 aromatic rings. The highest BCUT2D eigenvalue weighted by atomic mass is 19.3. The normalized spacial score (nSPS) is 16.9. The van der Waals surface area contributed by atoms with Gasteiger partial charge in [-0.2, -0.15) is 0 Å². The highest BCUT2D eigenvalue weighted by molar-refractivity contribution is 5.79. The number of alkyl halides is 2. The SMILES string of the molecule is CCCC(C)C(=O)NC(C)(CCN)C(F)F. The fraction of sp³-hybridized carbons (Fsp3) is 0.909. The third-order valence-corrected chi connectivity index (χ3v) is 2.72. The van der Waals surface area contributed by atoms with Crippen LogP contribution in [0.4, 0.5) is 8.78 Å². The van der Waals surface area contributed by atoms with Gasteiger partial charge in [0.25, 0.3) is 6.43 Å². The Balaban J connectivity index is 4.45. The second kappa shape index (κ2) is 6.78. The van der Waals surface area contributed by atoms with E-state index < -0.39 is 12.0 Å². The van der Waals surface area contributed by atoms with Crippen LogP contribution in [0, 0.1) is 5.92 Å². The average Bonchev–Trinajstić information content (AvgIpc) is 2.18. The van der Waals surface area contributed by atoms with Crippen LogP contribution in [0.3, 0.4) is 0 Å². The van der Waals surface area contributed by atoms with Gasteiger partial charge in [-0.25, -0.2) is 8.78 Å². The van der Waals surface area contributed by atoms with Gasteiger partial charge in [-0.3, -0.25) is 4.79 Å². The van der Waals surface area contributed by atoms with Crippen molar-refractivity contribution in [2.45, 2.75) is 52.0 Å². The average molecular weight is 236 g/mol. The lowest BCUT2D eigenvalue weighted by atomic mass is 9.96. The number of halogens is 2. The molecule has 5 heteroatoms. The highest BCUT2D eigenvalue weighted by Crippen LogP contribution is 2.20. The second-order valence-corrected chi connectivity index (χ2v) is 4.44. The Morgan fingerprint density at radius 2 is 2.06 bits per heavy atom. The molecule has 1 amide bonds. The van der Waals surface area contributed by atoms with E-state index in [1.54, 1.807) is 6.92 Å². The molecule has 0 aliphatic carbocycles. The number of rotatable bonds is 7. The molecule has 3 N–H and O–H groups in total. The van der Waals surface area contributed by atoms with Crippen molar-refractivity contribution in [2.75, 3.05) is 6.54 Å². The first-order valence-electron chi connectivity index (χ1n) is 5.67. The zero-order chi connectivity index (χ0) is 12.8. The number of nitrogens with two attached hydrogens (primary N) is 1. The fourth-order valence-electron chi connectivity index (χ4n) is 1.49. The topological polar surface area (TPSA) is 55.1 Å². The minimum atomic E-state index is -2.60. The Morgan fingerprint density at radius 3 is 2.44 bits per heavy atom. The van der Waals surface area contributed by atoms with Crippen LogP contribution in [0.15, 0.2) is 0 Å². The van der Waals surface area contributed by atoms with Crippen LogP contribution in [0.1, 0.15) is 40.0 Å². The van der Waals surface area contributed by atoms with Crippen molar-refractivity contribution in [1.82, 2.24) is 5.32 Å². The predicted octanol–water partition coefficient (Wildman–Crippen LogP) is 1.91. The molecule has 0 aliphatic heterocycles. The van der Waals surface area contributed by atoms with Crippen molar-refractivity contribution in [3.63, 3.8) is 0 Å². The van der Waals surface area contributed by atoms with E-state index in [9.17, 15) is 13.6 Å². The molecule has 0 aromatic heterocycles. The number of carbonyl (C=O) groups excluding carboxylic acids is 1. The minimum Gasteiger partial charge on any atom is -0.345 e. The van der Waals surface area contributed by atoms with Crippen LogP contribution < -0.4 is 11.1 Å². The Bertz CT molecular complexity index is 224. The van der Waals surface area contributed by atoms with Crippen LogP contribution in [-0.2, 0) is 4.79 Å². The molecular weight excluding hydrogens is 214 g/mol. The largest absolute Gasteiger partial charge is 0.345 e. The standard InChI is InChI=1S/C11H22F2N2O/c1-4-5-8(2)9(16)15-11(3,6-7-14)10(12)13/h8,10H,4-7,14H2,1-3H3,(H,15,16). The first-order valence-corrected chi connectivity index (χ1v) is 5.67. The summed E-state index contributed by atoms with van der Waals surface area (Å²) in [7, 11) is 0. The Kier molecular flexibility index (Phi) is 6.48. The van der Waals surface area contributed by atoms with Gasteiger partial charge in [0.2, 0.25) is 5.91 Å². The monoisotopic (exact) mass is 236 g/mol. The predicted molar refractivity (Wildman–Crippen MR) is 60.3 cm³/mol. The Labute approximate surface area is 95.8 Å². The lowest BCUT2D eigenvalue weighted by molar-refractivity contribution is -0.129. The lowest BCUT2D eigenvalue weighted by Gasteiger charge is -2.30. The van der Waals surface area contributed by atoms with E-state index in [1.165, 1.54) is 6.92 Å². The summed E-state index contributed by atoms with van der Waals surface area (Å²) in [5.41, 5.74) is 3.77. The number of hydrogen-bond donors (Lipinski definition) is 2. The molecule has 0 fully saturated rings. The van der Waals surface area contributed by atoms with Crippen molar-refractivity contribution < 1.29 is 13.6 Å². The van der Waals surface area contributed by atoms with Gasteiger partial charge < -0.3 is 11.1 Å². The number of carbonyl (C=O) groups is 1. The van der Waals surface area contributed by atoms with Crippen molar-refractivity contribution in [2.24, 2.45) is 11.7 Å². The van der Waals surface area contributed by atoms with Crippen molar-refractivity contribution in [3.05, 3.63) is 0 Å². The molecule has 2 atom stereocenters. The van der Waals surface area contributed by atoms with Gasteiger partial charge >= 0.3 is 0 Å². The fourth-order valence-corrected chi connectivity index (χ4v) is 1.49. The molecule has 16 heavy (non-hydrogen) atoms. The molecule has 0 aromatic carbocycles. The molecule has 0 aliphatic rings. The van der Waals surface area contributed by atoms with Gasteiger partial charge in [0, 0.05) is 5.92 Å². The zero-order valence-electron chi connectivity index (χ0n) is 10.2. The maximum atomic E-state index is 12.8. The van der Waals surface area contributed by atoms with Gasteiger partial charge in [-0.15, -0.1) is 0 Å². The number of amides is 1. The van der Waals surface area contributed by atoms with Crippen LogP contribution in [0.2, 0.25) is 0 Å². The molecule has 3 nitrogen and oxygen atoms in total. The maximum absolute atomic E-state index is 12.8. The molecule has 96 valence electrons. The summed E-state index contributed by atoms with van der Waals surface area (Å²) in [6.07, 6.45) is -0.964. The molecule has 2 unspecified atom stereocenters. The lowest BCUT2D eigenvalue weighted by Crippen LogP contribution is -2.53. The summed E-state index contributed by atoms with van der Waals surface area (Å²) in [6.45, 7) is 5.16. The van der Waals surface area contributed by atoms with E-state index in [2.05, 4.69) is 5.32 Å². The summed E-state index contributed by atoms with van der Waals surface area (Å²) in [4.78, 5) is 11.6. The van der Waals surface area contributed by atoms with Crippen LogP contribution in [0.25, 0.3) is 0 Å². The summed E-state index contributed by atoms with van der Waals surface area (Å²) >= 11 is 0. The van der Waals surface area contributed by atoms with Crippen LogP contribution in [-0.4, -0.2) is 24.4 Å². The van der Waals surface area contributed by atoms with E-state index >= 15 is 0 Å². The van der Waals surface area contributed by atoms with E-state index in [0.717, 1.165) is 6.42 Å². The van der Waals surface area contributed by atoms with E-state index in [1.807, 2.05) is 6.92 Å². The maximum Gasteiger partial charge on any atom is 0.261 e. The van der Waals surface area contributed by atoms with Gasteiger partial charge in [0.05, 0.1) is 5.54 Å². The summed E-state index contributed by atoms with van der Waals surface area (Å²) in [5, 5.41) is 2.41. The third kappa shape index (κ3) is 4.43. The summed E-state index contributed by atoms with van der Waals surface area (Å²) < 4.78 is 25.6. The molecule has 0 radical (unpaired) electrons. The summed E-state index contributed by atoms with van der Waals surface area (Å²) in [6, 6.07) is 0. The van der Waals surface area contributed by atoms with E-state index in [0.29, 0.717) is 6.42 Å². The van der Waals surface area contributed by atoms with Gasteiger partial charge in [0.1, 0.15) is 0 Å². The van der Waals surface area contributed by atoms with Gasteiger partial charge in [-0.05, 0) is 26.3 Å². The van der Waals surface area contributed by atoms with E-state index in [-0.39, 0.29) is 24.8 Å². The molecule has 0 bridgehead atoms. The molecule has 0 saturated carbocycles. The Hall–Kier alpha value is -0.710. The number of nitrogens with one attached hydrogen (secondary N) is 1. The van der Waals surface area contributed by atoms with Crippen molar-refractivity contribution in [1.29, 1.82) is 0 Å². The molecule has 0 spiro atoms. The van der Waals surface area contributed by atoms with Crippen molar-refractivity contribution in [3.8, 4) is 0 Å². The van der Waals surface area contributed by atoms with E-state index in [4.69, 9.17) is 5.73 Å².